The lowest BCUT2D eigenvalue weighted by Crippen LogP contribution is -2.50. The Morgan fingerprint density at radius 2 is 1.83 bits per heavy atom. The van der Waals surface area contributed by atoms with Gasteiger partial charge in [0.15, 0.2) is 0 Å². The van der Waals surface area contributed by atoms with Crippen LogP contribution in [0.2, 0.25) is 0 Å². The van der Waals surface area contributed by atoms with Gasteiger partial charge in [0, 0.05) is 29.6 Å². The number of aromatic nitrogens is 2. The number of rotatable bonds is 5. The van der Waals surface area contributed by atoms with Gasteiger partial charge in [-0.3, -0.25) is 9.69 Å². The number of halogens is 3. The highest BCUT2D eigenvalue weighted by molar-refractivity contribution is 5.83. The third kappa shape index (κ3) is 4.42. The molecule has 0 atom stereocenters. The molecule has 3 heterocycles. The Balaban J connectivity index is 1.25. The Bertz CT molecular complexity index is 1010. The number of amides is 1. The van der Waals surface area contributed by atoms with Crippen molar-refractivity contribution in [1.29, 1.82) is 0 Å². The van der Waals surface area contributed by atoms with E-state index in [9.17, 15) is 18.0 Å². The molecule has 158 valence electrons. The minimum absolute atomic E-state index is 0.130. The third-order valence-electron chi connectivity index (χ3n) is 5.61. The van der Waals surface area contributed by atoms with Crippen molar-refractivity contribution in [3.63, 3.8) is 0 Å². The maximum atomic E-state index is 12.7. The normalized spacial score (nSPS) is 15.0. The summed E-state index contributed by atoms with van der Waals surface area (Å²) >= 11 is 0. The van der Waals surface area contributed by atoms with Gasteiger partial charge in [-0.2, -0.15) is 13.2 Å². The van der Waals surface area contributed by atoms with E-state index in [1.807, 2.05) is 34.2 Å². The van der Waals surface area contributed by atoms with E-state index >= 15 is 0 Å². The Hall–Kier alpha value is -3.03. The highest BCUT2D eigenvalue weighted by Gasteiger charge is 2.33. The van der Waals surface area contributed by atoms with E-state index in [2.05, 4.69) is 16.0 Å². The fourth-order valence-corrected chi connectivity index (χ4v) is 3.91. The molecule has 2 aromatic heterocycles. The van der Waals surface area contributed by atoms with Crippen LogP contribution in [-0.4, -0.2) is 42.0 Å². The van der Waals surface area contributed by atoms with Crippen molar-refractivity contribution >= 4 is 22.6 Å². The molecule has 1 aliphatic heterocycles. The number of nitrogens with zero attached hydrogens (tertiary/aromatic N) is 2. The van der Waals surface area contributed by atoms with Crippen LogP contribution in [0.5, 0.6) is 0 Å². The van der Waals surface area contributed by atoms with E-state index in [0.717, 1.165) is 30.6 Å². The van der Waals surface area contributed by atoms with Gasteiger partial charge in [-0.05, 0) is 30.5 Å². The molecule has 4 rings (SSSR count). The monoisotopic (exact) mass is 417 g/mol. The summed E-state index contributed by atoms with van der Waals surface area (Å²) in [6.07, 6.45) is 0.759. The van der Waals surface area contributed by atoms with Crippen molar-refractivity contribution < 1.29 is 22.9 Å². The molecule has 8 heteroatoms. The Morgan fingerprint density at radius 1 is 1.07 bits per heavy atom. The molecule has 1 aromatic carbocycles. The van der Waals surface area contributed by atoms with E-state index < -0.39 is 11.7 Å². The number of piperazine rings is 1. The second kappa shape index (κ2) is 8.38. The van der Waals surface area contributed by atoms with Gasteiger partial charge in [-0.15, -0.1) is 0 Å². The number of carbonyl (C=O) groups excluding carboxylic acids is 1. The van der Waals surface area contributed by atoms with Gasteiger partial charge in [-0.1, -0.05) is 18.2 Å². The lowest BCUT2D eigenvalue weighted by atomic mass is 10.1. The summed E-state index contributed by atoms with van der Waals surface area (Å²) in [5, 5.41) is 1.20. The van der Waals surface area contributed by atoms with Crippen molar-refractivity contribution in [3.8, 4) is 0 Å². The molecule has 0 bridgehead atoms. The first kappa shape index (κ1) is 20.3. The fourth-order valence-electron chi connectivity index (χ4n) is 3.91. The zero-order chi connectivity index (χ0) is 21.1. The predicted molar refractivity (Wildman–Crippen MR) is 108 cm³/mol. The van der Waals surface area contributed by atoms with E-state index in [0.29, 0.717) is 38.4 Å². The Labute approximate surface area is 172 Å². The standard InChI is InChI=1S/C22H23F3N4O/c23-22(24,25)17-8-9-20(27-15-17)28-10-12-29(13-11-28)21(30)7-3-4-16-14-26-19-6-2-1-5-18(16)19/h1-2,5-6,8-9,14-15,26H,3-4,7,10-13H2/p+1. The van der Waals surface area contributed by atoms with Crippen molar-refractivity contribution in [2.24, 2.45) is 0 Å². The van der Waals surface area contributed by atoms with Crippen molar-refractivity contribution in [2.45, 2.75) is 25.4 Å². The Kier molecular flexibility index (Phi) is 5.65. The number of hydrogen-bond acceptors (Lipinski definition) is 2. The van der Waals surface area contributed by atoms with Gasteiger partial charge < -0.3 is 9.88 Å². The number of hydrogen-bond donors (Lipinski definition) is 1. The molecule has 1 fully saturated rings. The molecular weight excluding hydrogens is 393 g/mol. The topological polar surface area (TPSA) is 53.5 Å². The van der Waals surface area contributed by atoms with E-state index in [4.69, 9.17) is 0 Å². The summed E-state index contributed by atoms with van der Waals surface area (Å²) in [5.41, 5.74) is 1.63. The van der Waals surface area contributed by atoms with E-state index in [1.165, 1.54) is 17.0 Å². The largest absolute Gasteiger partial charge is 0.419 e. The second-order valence-corrected chi connectivity index (χ2v) is 7.54. The van der Waals surface area contributed by atoms with Crippen LogP contribution >= 0.6 is 0 Å². The molecular formula is C22H24F3N4O+. The highest BCUT2D eigenvalue weighted by Crippen LogP contribution is 2.28. The number of nitrogens with one attached hydrogen (secondary N) is 2. The minimum atomic E-state index is -4.35. The highest BCUT2D eigenvalue weighted by atomic mass is 19.4. The summed E-state index contributed by atoms with van der Waals surface area (Å²) in [4.78, 5) is 22.3. The van der Waals surface area contributed by atoms with E-state index in [-0.39, 0.29) is 5.91 Å². The zero-order valence-corrected chi connectivity index (χ0v) is 16.5. The molecule has 1 saturated heterocycles. The smallest absolute Gasteiger partial charge is 0.361 e. The average molecular weight is 417 g/mol. The number of anilines is 1. The molecule has 0 radical (unpaired) electrons. The van der Waals surface area contributed by atoms with Crippen molar-refractivity contribution in [2.75, 3.05) is 31.1 Å². The van der Waals surface area contributed by atoms with E-state index in [1.54, 1.807) is 0 Å². The number of pyridine rings is 1. The Morgan fingerprint density at radius 3 is 2.53 bits per heavy atom. The van der Waals surface area contributed by atoms with Crippen LogP contribution in [-0.2, 0) is 17.4 Å². The van der Waals surface area contributed by atoms with Gasteiger partial charge in [0.1, 0.15) is 19.3 Å². The van der Waals surface area contributed by atoms with Crippen LogP contribution in [0, 0.1) is 0 Å². The van der Waals surface area contributed by atoms with Crippen molar-refractivity contribution in [1.82, 2.24) is 9.88 Å². The van der Waals surface area contributed by atoms with Gasteiger partial charge >= 0.3 is 6.18 Å². The first-order chi connectivity index (χ1) is 14.4. The second-order valence-electron chi connectivity index (χ2n) is 7.54. The van der Waals surface area contributed by atoms with Gasteiger partial charge in [0.05, 0.1) is 18.7 Å². The first-order valence-corrected chi connectivity index (χ1v) is 10.1. The number of aromatic amines is 2. The number of benzene rings is 1. The number of carbonyl (C=O) groups is 1. The van der Waals surface area contributed by atoms with Crippen LogP contribution in [0.15, 0.2) is 48.8 Å². The first-order valence-electron chi connectivity index (χ1n) is 10.1. The van der Waals surface area contributed by atoms with Crippen LogP contribution in [0.3, 0.4) is 0 Å². The summed E-state index contributed by atoms with van der Waals surface area (Å²) in [7, 11) is 0. The molecule has 0 saturated carbocycles. The SMILES string of the molecule is O=C(CCCc1c[nH]c2ccccc12)N1CCN(c2ccc(C(F)(F)F)c[nH+]2)CC1. The summed E-state index contributed by atoms with van der Waals surface area (Å²) in [6, 6.07) is 10.7. The molecule has 0 aliphatic carbocycles. The summed E-state index contributed by atoms with van der Waals surface area (Å²) < 4.78 is 38.1. The quantitative estimate of drug-likeness (QED) is 0.689. The van der Waals surface area contributed by atoms with Crippen LogP contribution < -0.4 is 9.88 Å². The van der Waals surface area contributed by atoms with Crippen molar-refractivity contribution in [3.05, 3.63) is 59.9 Å². The predicted octanol–water partition coefficient (Wildman–Crippen LogP) is 3.67. The lowest BCUT2D eigenvalue weighted by Gasteiger charge is -2.31. The van der Waals surface area contributed by atoms with Crippen LogP contribution in [0.25, 0.3) is 10.9 Å². The molecule has 30 heavy (non-hydrogen) atoms. The summed E-state index contributed by atoms with van der Waals surface area (Å²) in [6.45, 7) is 2.33. The third-order valence-corrected chi connectivity index (χ3v) is 5.61. The molecule has 1 amide bonds. The molecule has 3 aromatic rings. The maximum absolute atomic E-state index is 12.7. The minimum Gasteiger partial charge on any atom is -0.361 e. The molecule has 1 aliphatic rings. The molecule has 5 nitrogen and oxygen atoms in total. The molecule has 0 unspecified atom stereocenters. The molecule has 2 N–H and O–H groups in total. The van der Waals surface area contributed by atoms with Crippen LogP contribution in [0.4, 0.5) is 19.0 Å². The van der Waals surface area contributed by atoms with Crippen LogP contribution in [0.1, 0.15) is 24.0 Å². The summed E-state index contributed by atoms with van der Waals surface area (Å²) in [5.74, 6) is 0.764. The van der Waals surface area contributed by atoms with Gasteiger partial charge in [-0.25, -0.2) is 4.98 Å². The molecule has 0 spiro atoms. The fraction of sp³-hybridized carbons (Fsp3) is 0.364. The number of para-hydroxylation sites is 1. The number of aryl methyl sites for hydroxylation is 1. The number of H-pyrrole nitrogens is 2. The van der Waals surface area contributed by atoms with Gasteiger partial charge in [0.2, 0.25) is 5.91 Å². The average Bonchev–Trinajstić information content (AvgIpc) is 3.16. The maximum Gasteiger partial charge on any atom is 0.419 e. The number of alkyl halides is 3. The lowest BCUT2D eigenvalue weighted by molar-refractivity contribution is -0.367. The zero-order valence-electron chi connectivity index (χ0n) is 16.5. The van der Waals surface area contributed by atoms with Gasteiger partial charge in [0.25, 0.3) is 5.82 Å². The number of fused-ring (bicyclic) bond motifs is 1.